The first-order chi connectivity index (χ1) is 15.3. The Labute approximate surface area is 202 Å². The third kappa shape index (κ3) is 2.97. The topological polar surface area (TPSA) is 80.7 Å². The highest BCUT2D eigenvalue weighted by molar-refractivity contribution is 6.26. The summed E-state index contributed by atoms with van der Waals surface area (Å²) >= 11 is 7.51. The molecule has 0 aromatic carbocycles. The van der Waals surface area contributed by atoms with Crippen LogP contribution in [0, 0.1) is 34.5 Å². The van der Waals surface area contributed by atoms with Crippen molar-refractivity contribution in [2.24, 2.45) is 34.5 Å². The molecule has 182 valence electrons. The second-order valence-corrected chi connectivity index (χ2v) is 12.1. The molecule has 4 aliphatic carbocycles. The van der Waals surface area contributed by atoms with Gasteiger partial charge in [-0.2, -0.15) is 0 Å². The Morgan fingerprint density at radius 1 is 1.21 bits per heavy atom. The van der Waals surface area contributed by atoms with Crippen molar-refractivity contribution < 1.29 is 24.2 Å². The minimum absolute atomic E-state index is 0.00132. The molecule has 0 aromatic rings. The third-order valence-corrected chi connectivity index (χ3v) is 10.7. The van der Waals surface area contributed by atoms with Crippen LogP contribution >= 0.6 is 11.6 Å². The first-order valence-electron chi connectivity index (χ1n) is 12.3. The molecule has 3 saturated carbocycles. The van der Waals surface area contributed by atoms with Crippen LogP contribution in [0.5, 0.6) is 0 Å². The number of aliphatic hydroxyl groups is 1. The van der Waals surface area contributed by atoms with Crippen LogP contribution < -0.4 is 0 Å². The number of allylic oxidation sites excluding steroid dienone is 4. The molecule has 0 spiro atoms. The zero-order chi connectivity index (χ0) is 24.6. The summed E-state index contributed by atoms with van der Waals surface area (Å²) in [5.41, 5.74) is -1.70. The van der Waals surface area contributed by atoms with Crippen molar-refractivity contribution in [1.82, 2.24) is 0 Å². The number of fused-ring (bicyclic) bond motifs is 5. The van der Waals surface area contributed by atoms with Gasteiger partial charge in [0.15, 0.2) is 17.2 Å². The maximum Gasteiger partial charge on any atom is 0.306 e. The van der Waals surface area contributed by atoms with E-state index in [0.717, 1.165) is 5.57 Å². The SMILES string of the molecule is CCCC(=O)O[C@]1(C(C)=O)[C@@H](C)C[C@H]2[C@@H]3C[C@H](C)C4=CC(=O)C=C[C@]4(C)[C@@]3(Cl)[C@@H](O)C[C@@]21C. The van der Waals surface area contributed by atoms with E-state index in [0.29, 0.717) is 19.3 Å². The first-order valence-corrected chi connectivity index (χ1v) is 12.7. The molecule has 3 fully saturated rings. The molecule has 0 aromatic heterocycles. The number of ketones is 2. The van der Waals surface area contributed by atoms with Gasteiger partial charge < -0.3 is 9.84 Å². The van der Waals surface area contributed by atoms with Crippen LogP contribution in [0.2, 0.25) is 0 Å². The molecule has 1 N–H and O–H groups in total. The Kier molecular flexibility index (Phi) is 5.81. The van der Waals surface area contributed by atoms with E-state index < -0.39 is 27.4 Å². The van der Waals surface area contributed by atoms with E-state index in [9.17, 15) is 19.5 Å². The van der Waals surface area contributed by atoms with Gasteiger partial charge in [0.2, 0.25) is 0 Å². The number of hydrogen-bond acceptors (Lipinski definition) is 5. The third-order valence-electron chi connectivity index (χ3n) is 9.76. The summed E-state index contributed by atoms with van der Waals surface area (Å²) < 4.78 is 6.11. The summed E-state index contributed by atoms with van der Waals surface area (Å²) in [4.78, 5) is 37.2. The summed E-state index contributed by atoms with van der Waals surface area (Å²) in [6.07, 6.45) is 6.78. The number of esters is 1. The minimum Gasteiger partial charge on any atom is -0.450 e. The number of rotatable bonds is 4. The highest BCUT2D eigenvalue weighted by Crippen LogP contribution is 2.72. The predicted molar refractivity (Wildman–Crippen MR) is 127 cm³/mol. The number of ether oxygens (including phenoxy) is 1. The molecule has 0 amide bonds. The van der Waals surface area contributed by atoms with Crippen molar-refractivity contribution in [3.63, 3.8) is 0 Å². The smallest absolute Gasteiger partial charge is 0.306 e. The van der Waals surface area contributed by atoms with Crippen molar-refractivity contribution in [1.29, 1.82) is 0 Å². The summed E-state index contributed by atoms with van der Waals surface area (Å²) in [5, 5.41) is 11.7. The Morgan fingerprint density at radius 3 is 2.48 bits per heavy atom. The molecular formula is C27H37ClO5. The average Bonchev–Trinajstić information content (AvgIpc) is 2.94. The van der Waals surface area contributed by atoms with Crippen LogP contribution in [0.1, 0.15) is 73.6 Å². The van der Waals surface area contributed by atoms with Crippen LogP contribution in [0.25, 0.3) is 0 Å². The van der Waals surface area contributed by atoms with E-state index in [1.54, 1.807) is 12.2 Å². The van der Waals surface area contributed by atoms with E-state index in [1.165, 1.54) is 6.92 Å². The van der Waals surface area contributed by atoms with Crippen molar-refractivity contribution in [2.45, 2.75) is 90.2 Å². The van der Waals surface area contributed by atoms with E-state index in [-0.39, 0.29) is 54.0 Å². The summed E-state index contributed by atoms with van der Waals surface area (Å²) in [6.45, 7) is 11.6. The fourth-order valence-corrected chi connectivity index (χ4v) is 8.88. The lowest BCUT2D eigenvalue weighted by atomic mass is 9.44. The van der Waals surface area contributed by atoms with Gasteiger partial charge in [-0.1, -0.05) is 46.3 Å². The van der Waals surface area contributed by atoms with Crippen LogP contribution in [-0.4, -0.2) is 39.2 Å². The quantitative estimate of drug-likeness (QED) is 0.466. The zero-order valence-electron chi connectivity index (χ0n) is 20.6. The van der Waals surface area contributed by atoms with E-state index in [2.05, 4.69) is 6.92 Å². The van der Waals surface area contributed by atoms with Crippen molar-refractivity contribution in [2.75, 3.05) is 0 Å². The molecule has 9 atom stereocenters. The fraction of sp³-hybridized carbons (Fsp3) is 0.741. The van der Waals surface area contributed by atoms with Crippen LogP contribution in [0.3, 0.4) is 0 Å². The van der Waals surface area contributed by atoms with Gasteiger partial charge in [-0.3, -0.25) is 14.4 Å². The summed E-state index contributed by atoms with van der Waals surface area (Å²) in [6, 6.07) is 0. The molecular weight excluding hydrogens is 440 g/mol. The molecule has 0 aliphatic heterocycles. The number of carbonyl (C=O) groups is 3. The molecule has 4 aliphatic rings. The van der Waals surface area contributed by atoms with Gasteiger partial charge in [-0.05, 0) is 62.5 Å². The Morgan fingerprint density at radius 2 is 1.88 bits per heavy atom. The predicted octanol–water partition coefficient (Wildman–Crippen LogP) is 4.79. The fourth-order valence-electron chi connectivity index (χ4n) is 8.39. The Balaban J connectivity index is 1.85. The van der Waals surface area contributed by atoms with Crippen molar-refractivity contribution in [3.05, 3.63) is 23.8 Å². The Hall–Kier alpha value is -1.46. The van der Waals surface area contributed by atoms with Gasteiger partial charge in [0.25, 0.3) is 0 Å². The normalized spacial score (nSPS) is 48.4. The minimum atomic E-state index is -1.28. The van der Waals surface area contributed by atoms with Crippen molar-refractivity contribution >= 4 is 29.1 Å². The number of halogens is 1. The molecule has 0 radical (unpaired) electrons. The molecule has 4 rings (SSSR count). The largest absolute Gasteiger partial charge is 0.450 e. The van der Waals surface area contributed by atoms with Crippen LogP contribution in [-0.2, 0) is 19.1 Å². The lowest BCUT2D eigenvalue weighted by Crippen LogP contribution is -2.70. The summed E-state index contributed by atoms with van der Waals surface area (Å²) in [5.74, 6) is -0.730. The Bertz CT molecular complexity index is 954. The second-order valence-electron chi connectivity index (χ2n) is 11.4. The van der Waals surface area contributed by atoms with Crippen LogP contribution in [0.15, 0.2) is 23.8 Å². The van der Waals surface area contributed by atoms with Crippen molar-refractivity contribution in [3.8, 4) is 0 Å². The van der Waals surface area contributed by atoms with Gasteiger partial charge in [0, 0.05) is 23.2 Å². The monoisotopic (exact) mass is 476 g/mol. The van der Waals surface area contributed by atoms with E-state index in [4.69, 9.17) is 16.3 Å². The molecule has 5 nitrogen and oxygen atoms in total. The maximum absolute atomic E-state index is 13.3. The van der Waals surface area contributed by atoms with Gasteiger partial charge in [-0.25, -0.2) is 0 Å². The highest BCUT2D eigenvalue weighted by Gasteiger charge is 2.76. The van der Waals surface area contributed by atoms with Gasteiger partial charge in [0.1, 0.15) is 0 Å². The van der Waals surface area contributed by atoms with Gasteiger partial charge in [0.05, 0.1) is 11.0 Å². The van der Waals surface area contributed by atoms with Gasteiger partial charge >= 0.3 is 5.97 Å². The number of Topliss-reactive ketones (excluding diaryl/α,β-unsaturated/α-hetero) is 1. The molecule has 0 heterocycles. The maximum atomic E-state index is 13.3. The summed E-state index contributed by atoms with van der Waals surface area (Å²) in [7, 11) is 0. The number of carbonyl (C=O) groups excluding carboxylic acids is 3. The average molecular weight is 477 g/mol. The molecule has 0 bridgehead atoms. The standard InChI is InChI=1S/C27H37ClO5/c1-7-8-23(32)33-27(17(4)29)16(3)12-20-21-11-15(2)19-13-18(30)9-10-24(19,5)26(21,28)22(31)14-25(20,27)6/h9-10,13,15-16,20-22,31H,7-8,11-12,14H2,1-6H3/t15-,16-,20-,21-,22-,24-,25-,26-,27-/m0/s1. The number of hydrogen-bond donors (Lipinski definition) is 1. The number of alkyl halides is 1. The van der Waals surface area contributed by atoms with Gasteiger partial charge in [-0.15, -0.1) is 11.6 Å². The first kappa shape index (κ1) is 24.7. The van der Waals surface area contributed by atoms with Crippen LogP contribution in [0.4, 0.5) is 0 Å². The molecule has 33 heavy (non-hydrogen) atoms. The lowest BCUT2D eigenvalue weighted by Gasteiger charge is -2.65. The van der Waals surface area contributed by atoms with E-state index >= 15 is 0 Å². The van der Waals surface area contributed by atoms with E-state index in [1.807, 2.05) is 33.8 Å². The highest BCUT2D eigenvalue weighted by atomic mass is 35.5. The zero-order valence-corrected chi connectivity index (χ0v) is 21.4. The molecule has 0 saturated heterocycles. The molecule has 0 unspecified atom stereocenters. The lowest BCUT2D eigenvalue weighted by molar-refractivity contribution is -0.201. The second kappa shape index (κ2) is 7.78. The number of aliphatic hydroxyl groups excluding tert-OH is 1. The molecule has 6 heteroatoms.